The SMILES string of the molecule is Cc1ccc(-c2ccc(OC(=O)c3ccccc3Cl)c(C)c2)cc1. The van der Waals surface area contributed by atoms with E-state index >= 15 is 0 Å². The standard InChI is InChI=1S/C21H17ClO2/c1-14-7-9-16(10-8-14)17-11-12-20(15(2)13-17)24-21(23)18-5-3-4-6-19(18)22/h3-13H,1-2H3. The molecule has 0 aliphatic rings. The zero-order valence-corrected chi connectivity index (χ0v) is 14.3. The number of aryl methyl sites for hydroxylation is 2. The molecule has 0 fully saturated rings. The Morgan fingerprint density at radius 1 is 0.875 bits per heavy atom. The van der Waals surface area contributed by atoms with Crippen molar-refractivity contribution in [3.63, 3.8) is 0 Å². The van der Waals surface area contributed by atoms with E-state index < -0.39 is 5.97 Å². The van der Waals surface area contributed by atoms with Gasteiger partial charge >= 0.3 is 5.97 Å². The van der Waals surface area contributed by atoms with Gasteiger partial charge < -0.3 is 4.74 Å². The van der Waals surface area contributed by atoms with E-state index in [9.17, 15) is 4.79 Å². The lowest BCUT2D eigenvalue weighted by Crippen LogP contribution is -2.09. The van der Waals surface area contributed by atoms with E-state index in [0.29, 0.717) is 16.3 Å². The molecule has 0 heterocycles. The van der Waals surface area contributed by atoms with Crippen LogP contribution in [0.5, 0.6) is 5.75 Å². The summed E-state index contributed by atoms with van der Waals surface area (Å²) in [5, 5.41) is 0.386. The van der Waals surface area contributed by atoms with Gasteiger partial charge in [0.05, 0.1) is 10.6 Å². The van der Waals surface area contributed by atoms with Crippen LogP contribution in [0.4, 0.5) is 0 Å². The van der Waals surface area contributed by atoms with Crippen molar-refractivity contribution in [3.05, 3.63) is 88.4 Å². The maximum atomic E-state index is 12.3. The fourth-order valence-electron chi connectivity index (χ4n) is 2.47. The quantitative estimate of drug-likeness (QED) is 0.443. The van der Waals surface area contributed by atoms with E-state index in [-0.39, 0.29) is 0 Å². The molecule has 3 aromatic carbocycles. The van der Waals surface area contributed by atoms with E-state index in [1.54, 1.807) is 24.3 Å². The second kappa shape index (κ2) is 6.90. The molecule has 0 N–H and O–H groups in total. The molecule has 120 valence electrons. The van der Waals surface area contributed by atoms with Crippen LogP contribution in [0.25, 0.3) is 11.1 Å². The summed E-state index contributed by atoms with van der Waals surface area (Å²) in [7, 11) is 0. The van der Waals surface area contributed by atoms with Crippen molar-refractivity contribution in [1.82, 2.24) is 0 Å². The van der Waals surface area contributed by atoms with Gasteiger partial charge in [0, 0.05) is 0 Å². The fourth-order valence-corrected chi connectivity index (χ4v) is 2.68. The van der Waals surface area contributed by atoms with E-state index in [4.69, 9.17) is 16.3 Å². The van der Waals surface area contributed by atoms with Crippen LogP contribution in [0.15, 0.2) is 66.7 Å². The average molecular weight is 337 g/mol. The van der Waals surface area contributed by atoms with Gasteiger partial charge in [-0.2, -0.15) is 0 Å². The Labute approximate surface area is 146 Å². The van der Waals surface area contributed by atoms with E-state index in [1.165, 1.54) is 5.56 Å². The highest BCUT2D eigenvalue weighted by Gasteiger charge is 2.13. The van der Waals surface area contributed by atoms with Gasteiger partial charge in [-0.3, -0.25) is 0 Å². The van der Waals surface area contributed by atoms with Crippen molar-refractivity contribution in [2.24, 2.45) is 0 Å². The van der Waals surface area contributed by atoms with Gasteiger partial charge in [0.15, 0.2) is 0 Å². The molecule has 0 atom stereocenters. The molecule has 0 bridgehead atoms. The minimum absolute atomic E-state index is 0.362. The maximum absolute atomic E-state index is 12.3. The highest BCUT2D eigenvalue weighted by Crippen LogP contribution is 2.27. The number of benzene rings is 3. The summed E-state index contributed by atoms with van der Waals surface area (Å²) in [5.74, 6) is 0.0857. The lowest BCUT2D eigenvalue weighted by atomic mass is 10.0. The van der Waals surface area contributed by atoms with E-state index in [0.717, 1.165) is 16.7 Å². The van der Waals surface area contributed by atoms with Crippen LogP contribution in [-0.2, 0) is 0 Å². The normalized spacial score (nSPS) is 10.5. The predicted molar refractivity (Wildman–Crippen MR) is 97.8 cm³/mol. The Kier molecular flexibility index (Phi) is 4.68. The van der Waals surface area contributed by atoms with Crippen LogP contribution in [0.3, 0.4) is 0 Å². The molecule has 24 heavy (non-hydrogen) atoms. The van der Waals surface area contributed by atoms with Gasteiger partial charge in [-0.05, 0) is 54.8 Å². The first kappa shape index (κ1) is 16.3. The minimum Gasteiger partial charge on any atom is -0.423 e. The number of hydrogen-bond donors (Lipinski definition) is 0. The van der Waals surface area contributed by atoms with Crippen LogP contribution in [-0.4, -0.2) is 5.97 Å². The zero-order chi connectivity index (χ0) is 17.1. The second-order valence-electron chi connectivity index (χ2n) is 5.72. The van der Waals surface area contributed by atoms with E-state index in [2.05, 4.69) is 31.2 Å². The molecule has 0 amide bonds. The molecule has 0 saturated carbocycles. The summed E-state index contributed by atoms with van der Waals surface area (Å²) in [5.41, 5.74) is 4.70. The van der Waals surface area contributed by atoms with Crippen LogP contribution >= 0.6 is 11.6 Å². The summed E-state index contributed by atoms with van der Waals surface area (Å²) in [6.45, 7) is 3.99. The molecular weight excluding hydrogens is 320 g/mol. The van der Waals surface area contributed by atoms with Crippen molar-refractivity contribution in [2.75, 3.05) is 0 Å². The fraction of sp³-hybridized carbons (Fsp3) is 0.0952. The van der Waals surface area contributed by atoms with Crippen LogP contribution in [0, 0.1) is 13.8 Å². The predicted octanol–water partition coefficient (Wildman–Crippen LogP) is 5.84. The van der Waals surface area contributed by atoms with Gasteiger partial charge in [0.25, 0.3) is 0 Å². The molecule has 0 saturated heterocycles. The number of carbonyl (C=O) groups is 1. The first-order chi connectivity index (χ1) is 11.5. The smallest absolute Gasteiger partial charge is 0.345 e. The molecule has 3 aromatic rings. The van der Waals surface area contributed by atoms with Gasteiger partial charge in [-0.25, -0.2) is 4.79 Å². The number of halogens is 1. The van der Waals surface area contributed by atoms with Crippen LogP contribution in [0.2, 0.25) is 5.02 Å². The molecule has 0 spiro atoms. The largest absolute Gasteiger partial charge is 0.423 e. The maximum Gasteiger partial charge on any atom is 0.345 e. The number of rotatable bonds is 3. The van der Waals surface area contributed by atoms with Gasteiger partial charge in [0.2, 0.25) is 0 Å². The number of carbonyl (C=O) groups excluding carboxylic acids is 1. The third-order valence-corrected chi connectivity index (χ3v) is 4.19. The van der Waals surface area contributed by atoms with Crippen molar-refractivity contribution in [3.8, 4) is 16.9 Å². The first-order valence-corrected chi connectivity index (χ1v) is 8.07. The summed E-state index contributed by atoms with van der Waals surface area (Å²) in [6, 6.07) is 21.0. The zero-order valence-electron chi connectivity index (χ0n) is 13.5. The molecule has 0 aromatic heterocycles. The summed E-state index contributed by atoms with van der Waals surface area (Å²) in [6.07, 6.45) is 0. The average Bonchev–Trinajstić information content (AvgIpc) is 2.57. The van der Waals surface area contributed by atoms with Crippen molar-refractivity contribution in [1.29, 1.82) is 0 Å². The van der Waals surface area contributed by atoms with E-state index in [1.807, 2.05) is 25.1 Å². The Morgan fingerprint density at radius 2 is 1.54 bits per heavy atom. The molecule has 0 aliphatic carbocycles. The first-order valence-electron chi connectivity index (χ1n) is 7.69. The molecule has 2 nitrogen and oxygen atoms in total. The number of esters is 1. The van der Waals surface area contributed by atoms with Gasteiger partial charge in [0.1, 0.15) is 5.75 Å². The summed E-state index contributed by atoms with van der Waals surface area (Å²) >= 11 is 6.04. The summed E-state index contributed by atoms with van der Waals surface area (Å²) < 4.78 is 5.50. The van der Waals surface area contributed by atoms with Crippen LogP contribution in [0.1, 0.15) is 21.5 Å². The van der Waals surface area contributed by atoms with Crippen molar-refractivity contribution < 1.29 is 9.53 Å². The van der Waals surface area contributed by atoms with Crippen molar-refractivity contribution >= 4 is 17.6 Å². The number of ether oxygens (including phenoxy) is 1. The third-order valence-electron chi connectivity index (χ3n) is 3.86. The highest BCUT2D eigenvalue weighted by atomic mass is 35.5. The Morgan fingerprint density at radius 3 is 2.21 bits per heavy atom. The third kappa shape index (κ3) is 3.50. The Bertz CT molecular complexity index is 883. The monoisotopic (exact) mass is 336 g/mol. The molecule has 3 heteroatoms. The Balaban J connectivity index is 1.84. The molecule has 0 radical (unpaired) electrons. The van der Waals surface area contributed by atoms with Gasteiger partial charge in [-0.1, -0.05) is 59.6 Å². The highest BCUT2D eigenvalue weighted by molar-refractivity contribution is 6.33. The number of hydrogen-bond acceptors (Lipinski definition) is 2. The minimum atomic E-state index is -0.452. The molecule has 0 unspecified atom stereocenters. The second-order valence-corrected chi connectivity index (χ2v) is 6.12. The van der Waals surface area contributed by atoms with Crippen LogP contribution < -0.4 is 4.74 Å². The lowest BCUT2D eigenvalue weighted by molar-refractivity contribution is 0.0733. The molecule has 3 rings (SSSR count). The van der Waals surface area contributed by atoms with Crippen molar-refractivity contribution in [2.45, 2.75) is 13.8 Å². The topological polar surface area (TPSA) is 26.3 Å². The Hall–Kier alpha value is -2.58. The lowest BCUT2D eigenvalue weighted by Gasteiger charge is -2.10. The molecule has 0 aliphatic heterocycles. The summed E-state index contributed by atoms with van der Waals surface area (Å²) in [4.78, 5) is 12.3. The van der Waals surface area contributed by atoms with Gasteiger partial charge in [-0.15, -0.1) is 0 Å². The molecular formula is C21H17ClO2.